The van der Waals surface area contributed by atoms with Crippen molar-refractivity contribution in [3.63, 3.8) is 0 Å². The SMILES string of the molecule is CCC(C)(C)NC(=O)COCCN. The van der Waals surface area contributed by atoms with E-state index in [-0.39, 0.29) is 18.1 Å². The maximum Gasteiger partial charge on any atom is 0.246 e. The van der Waals surface area contributed by atoms with Crippen LogP contribution in [0.3, 0.4) is 0 Å². The summed E-state index contributed by atoms with van der Waals surface area (Å²) in [5.74, 6) is -0.0831. The third-order valence-corrected chi connectivity index (χ3v) is 1.86. The van der Waals surface area contributed by atoms with Gasteiger partial charge in [0.2, 0.25) is 5.91 Å². The maximum absolute atomic E-state index is 11.2. The van der Waals surface area contributed by atoms with Crippen molar-refractivity contribution < 1.29 is 9.53 Å². The van der Waals surface area contributed by atoms with E-state index in [1.165, 1.54) is 0 Å². The van der Waals surface area contributed by atoms with Gasteiger partial charge in [-0.05, 0) is 20.3 Å². The van der Waals surface area contributed by atoms with Gasteiger partial charge in [-0.15, -0.1) is 0 Å². The average molecular weight is 188 g/mol. The number of hydrogen-bond acceptors (Lipinski definition) is 3. The third-order valence-electron chi connectivity index (χ3n) is 1.86. The molecule has 0 aromatic rings. The highest BCUT2D eigenvalue weighted by Crippen LogP contribution is 2.05. The largest absolute Gasteiger partial charge is 0.370 e. The summed E-state index contributed by atoms with van der Waals surface area (Å²) in [6.45, 7) is 6.97. The van der Waals surface area contributed by atoms with Gasteiger partial charge in [0.05, 0.1) is 6.61 Å². The van der Waals surface area contributed by atoms with Crippen LogP contribution in [0.1, 0.15) is 27.2 Å². The molecule has 0 atom stereocenters. The van der Waals surface area contributed by atoms with Crippen LogP contribution in [-0.4, -0.2) is 31.2 Å². The molecule has 0 rings (SSSR count). The van der Waals surface area contributed by atoms with Crippen molar-refractivity contribution in [1.82, 2.24) is 5.32 Å². The zero-order chi connectivity index (χ0) is 10.3. The van der Waals surface area contributed by atoms with E-state index >= 15 is 0 Å². The molecule has 0 aliphatic carbocycles. The van der Waals surface area contributed by atoms with Crippen LogP contribution in [0.4, 0.5) is 0 Å². The van der Waals surface area contributed by atoms with Crippen molar-refractivity contribution >= 4 is 5.91 Å². The molecule has 0 heterocycles. The van der Waals surface area contributed by atoms with E-state index in [1.807, 2.05) is 20.8 Å². The number of rotatable bonds is 6. The molecule has 0 fully saturated rings. The fraction of sp³-hybridized carbons (Fsp3) is 0.889. The van der Waals surface area contributed by atoms with Gasteiger partial charge in [0.15, 0.2) is 0 Å². The molecule has 4 heteroatoms. The first-order valence-electron chi connectivity index (χ1n) is 4.60. The van der Waals surface area contributed by atoms with E-state index in [4.69, 9.17) is 10.5 Å². The molecule has 0 unspecified atom stereocenters. The van der Waals surface area contributed by atoms with Gasteiger partial charge >= 0.3 is 0 Å². The Labute approximate surface area is 79.8 Å². The number of carbonyl (C=O) groups excluding carboxylic acids is 1. The number of nitrogens with one attached hydrogen (secondary N) is 1. The van der Waals surface area contributed by atoms with Crippen molar-refractivity contribution in [2.75, 3.05) is 19.8 Å². The Morgan fingerprint density at radius 3 is 2.62 bits per heavy atom. The van der Waals surface area contributed by atoms with Gasteiger partial charge < -0.3 is 15.8 Å². The minimum absolute atomic E-state index is 0.0831. The van der Waals surface area contributed by atoms with Gasteiger partial charge in [-0.3, -0.25) is 4.79 Å². The van der Waals surface area contributed by atoms with E-state index in [0.717, 1.165) is 6.42 Å². The highest BCUT2D eigenvalue weighted by atomic mass is 16.5. The van der Waals surface area contributed by atoms with Crippen LogP contribution in [0.2, 0.25) is 0 Å². The lowest BCUT2D eigenvalue weighted by molar-refractivity contribution is -0.127. The lowest BCUT2D eigenvalue weighted by Gasteiger charge is -2.24. The lowest BCUT2D eigenvalue weighted by atomic mass is 10.0. The quantitative estimate of drug-likeness (QED) is 0.588. The Bertz CT molecular complexity index is 158. The topological polar surface area (TPSA) is 64.3 Å². The van der Waals surface area contributed by atoms with Crippen LogP contribution in [0, 0.1) is 0 Å². The molecule has 1 amide bonds. The van der Waals surface area contributed by atoms with Gasteiger partial charge in [-0.2, -0.15) is 0 Å². The van der Waals surface area contributed by atoms with Crippen LogP contribution >= 0.6 is 0 Å². The number of nitrogens with two attached hydrogens (primary N) is 1. The van der Waals surface area contributed by atoms with Gasteiger partial charge in [-0.25, -0.2) is 0 Å². The van der Waals surface area contributed by atoms with E-state index in [0.29, 0.717) is 13.2 Å². The summed E-state index contributed by atoms with van der Waals surface area (Å²) in [5, 5.41) is 2.86. The minimum Gasteiger partial charge on any atom is -0.370 e. The summed E-state index contributed by atoms with van der Waals surface area (Å²) in [5.41, 5.74) is 5.06. The molecule has 0 aromatic carbocycles. The Morgan fingerprint density at radius 1 is 1.54 bits per heavy atom. The molecule has 0 aliphatic rings. The minimum atomic E-state index is -0.150. The second kappa shape index (κ2) is 5.94. The Hall–Kier alpha value is -0.610. The fourth-order valence-corrected chi connectivity index (χ4v) is 0.750. The zero-order valence-electron chi connectivity index (χ0n) is 8.72. The summed E-state index contributed by atoms with van der Waals surface area (Å²) < 4.78 is 5.00. The van der Waals surface area contributed by atoms with Crippen LogP contribution in [0.25, 0.3) is 0 Å². The molecule has 0 aliphatic heterocycles. The highest BCUT2D eigenvalue weighted by molar-refractivity contribution is 5.77. The Morgan fingerprint density at radius 2 is 2.15 bits per heavy atom. The second-order valence-electron chi connectivity index (χ2n) is 3.63. The van der Waals surface area contributed by atoms with Crippen LogP contribution in [-0.2, 0) is 9.53 Å². The van der Waals surface area contributed by atoms with Gasteiger partial charge in [0, 0.05) is 12.1 Å². The standard InChI is InChI=1S/C9H20N2O2/c1-4-9(2,3)11-8(12)7-13-6-5-10/h4-7,10H2,1-3H3,(H,11,12). The van der Waals surface area contributed by atoms with Crippen molar-refractivity contribution in [2.24, 2.45) is 5.73 Å². The molecule has 0 saturated carbocycles. The molecule has 0 bridgehead atoms. The van der Waals surface area contributed by atoms with Crippen LogP contribution in [0.5, 0.6) is 0 Å². The predicted octanol–water partition coefficient (Wildman–Crippen LogP) is 0.267. The number of amides is 1. The summed E-state index contributed by atoms with van der Waals surface area (Å²) >= 11 is 0. The smallest absolute Gasteiger partial charge is 0.246 e. The fourth-order valence-electron chi connectivity index (χ4n) is 0.750. The molecule has 78 valence electrons. The summed E-state index contributed by atoms with van der Waals surface area (Å²) in [6, 6.07) is 0. The average Bonchev–Trinajstić information content (AvgIpc) is 2.04. The number of carbonyl (C=O) groups is 1. The molecule has 3 N–H and O–H groups in total. The van der Waals surface area contributed by atoms with Crippen molar-refractivity contribution in [2.45, 2.75) is 32.7 Å². The zero-order valence-corrected chi connectivity index (χ0v) is 8.72. The van der Waals surface area contributed by atoms with Gasteiger partial charge in [0.25, 0.3) is 0 Å². The summed E-state index contributed by atoms with van der Waals surface area (Å²) in [4.78, 5) is 11.2. The normalized spacial score (nSPS) is 11.4. The molecule has 0 spiro atoms. The number of ether oxygens (including phenoxy) is 1. The third kappa shape index (κ3) is 6.54. The first-order chi connectivity index (χ1) is 6.02. The Balaban J connectivity index is 3.62. The monoisotopic (exact) mass is 188 g/mol. The highest BCUT2D eigenvalue weighted by Gasteiger charge is 2.17. The van der Waals surface area contributed by atoms with Crippen LogP contribution in [0.15, 0.2) is 0 Å². The number of hydrogen-bond donors (Lipinski definition) is 2. The van der Waals surface area contributed by atoms with E-state index < -0.39 is 0 Å². The summed E-state index contributed by atoms with van der Waals surface area (Å²) in [7, 11) is 0. The van der Waals surface area contributed by atoms with E-state index in [9.17, 15) is 4.79 Å². The molecule has 13 heavy (non-hydrogen) atoms. The van der Waals surface area contributed by atoms with Crippen LogP contribution < -0.4 is 11.1 Å². The molecular formula is C9H20N2O2. The second-order valence-corrected chi connectivity index (χ2v) is 3.63. The Kier molecular flexibility index (Phi) is 5.66. The molecular weight excluding hydrogens is 168 g/mol. The van der Waals surface area contributed by atoms with Crippen molar-refractivity contribution in [3.05, 3.63) is 0 Å². The molecule has 0 radical (unpaired) electrons. The van der Waals surface area contributed by atoms with E-state index in [1.54, 1.807) is 0 Å². The summed E-state index contributed by atoms with van der Waals surface area (Å²) in [6.07, 6.45) is 0.898. The van der Waals surface area contributed by atoms with Gasteiger partial charge in [0.1, 0.15) is 6.61 Å². The first kappa shape index (κ1) is 12.4. The van der Waals surface area contributed by atoms with Gasteiger partial charge in [-0.1, -0.05) is 6.92 Å². The molecule has 4 nitrogen and oxygen atoms in total. The lowest BCUT2D eigenvalue weighted by Crippen LogP contribution is -2.44. The maximum atomic E-state index is 11.2. The first-order valence-corrected chi connectivity index (χ1v) is 4.60. The van der Waals surface area contributed by atoms with Crippen molar-refractivity contribution in [1.29, 1.82) is 0 Å². The molecule has 0 saturated heterocycles. The molecule has 0 aromatic heterocycles. The predicted molar refractivity (Wildman–Crippen MR) is 52.4 cm³/mol. The van der Waals surface area contributed by atoms with Crippen molar-refractivity contribution in [3.8, 4) is 0 Å². The van der Waals surface area contributed by atoms with E-state index in [2.05, 4.69) is 5.32 Å².